The minimum atomic E-state index is -1.56. The summed E-state index contributed by atoms with van der Waals surface area (Å²) in [6.45, 7) is 3.57. The Morgan fingerprint density at radius 2 is 0.969 bits per heavy atom. The van der Waals surface area contributed by atoms with Crippen LogP contribution in [0.4, 0.5) is 0 Å². The van der Waals surface area contributed by atoms with Gasteiger partial charge in [-0.1, -0.05) is 215 Å². The Labute approximate surface area is 391 Å². The third-order valence-corrected chi connectivity index (χ3v) is 12.0. The van der Waals surface area contributed by atoms with Crippen LogP contribution in [0.3, 0.4) is 0 Å². The lowest BCUT2D eigenvalue weighted by atomic mass is 9.99. The van der Waals surface area contributed by atoms with Gasteiger partial charge < -0.3 is 40.3 Å². The second-order valence-electron chi connectivity index (χ2n) is 17.9. The van der Waals surface area contributed by atoms with Gasteiger partial charge in [-0.25, -0.2) is 0 Å². The van der Waals surface area contributed by atoms with Crippen molar-refractivity contribution in [2.75, 3.05) is 13.2 Å². The largest absolute Gasteiger partial charge is 0.394 e. The number of rotatable bonds is 43. The zero-order valence-electron chi connectivity index (χ0n) is 40.8. The van der Waals surface area contributed by atoms with Crippen LogP contribution in [0.15, 0.2) is 72.9 Å². The average Bonchev–Trinajstić information content (AvgIpc) is 3.29. The van der Waals surface area contributed by atoms with E-state index in [1.807, 2.05) is 6.08 Å². The SMILES string of the molecule is CC/C=C\C/C=C\C/C=C\C/C=C\C/C=C\CCCCCCCCCCCCCCCCCCCCCC(=O)NC(COC1OC(CO)C(O)C(O)C1O)C(O)/C=C/CCCCCC. The van der Waals surface area contributed by atoms with Crippen LogP contribution in [0.25, 0.3) is 0 Å². The van der Waals surface area contributed by atoms with Crippen molar-refractivity contribution in [3.8, 4) is 0 Å². The van der Waals surface area contributed by atoms with E-state index in [4.69, 9.17) is 9.47 Å². The fraction of sp³-hybridized carbons (Fsp3) is 0.764. The Hall–Kier alpha value is -2.37. The Morgan fingerprint density at radius 1 is 0.547 bits per heavy atom. The van der Waals surface area contributed by atoms with Crippen molar-refractivity contribution in [1.82, 2.24) is 5.32 Å². The van der Waals surface area contributed by atoms with Crippen molar-refractivity contribution in [2.45, 2.75) is 256 Å². The van der Waals surface area contributed by atoms with E-state index in [0.717, 1.165) is 83.5 Å². The van der Waals surface area contributed by atoms with Crippen molar-refractivity contribution < 1.29 is 39.8 Å². The fourth-order valence-corrected chi connectivity index (χ4v) is 7.89. The van der Waals surface area contributed by atoms with Gasteiger partial charge in [0.15, 0.2) is 6.29 Å². The van der Waals surface area contributed by atoms with Gasteiger partial charge in [-0.2, -0.15) is 0 Å². The van der Waals surface area contributed by atoms with Crippen LogP contribution in [-0.4, -0.2) is 87.5 Å². The van der Waals surface area contributed by atoms with Crippen LogP contribution >= 0.6 is 0 Å². The predicted octanol–water partition coefficient (Wildman–Crippen LogP) is 12.1. The van der Waals surface area contributed by atoms with Crippen LogP contribution in [0.2, 0.25) is 0 Å². The molecule has 9 nitrogen and oxygen atoms in total. The molecule has 9 heteroatoms. The van der Waals surface area contributed by atoms with E-state index in [9.17, 15) is 30.3 Å². The van der Waals surface area contributed by atoms with Crippen LogP contribution in [0, 0.1) is 0 Å². The Balaban J connectivity index is 2.02. The molecule has 7 unspecified atom stereocenters. The summed E-state index contributed by atoms with van der Waals surface area (Å²) in [6, 6.07) is -0.802. The van der Waals surface area contributed by atoms with Gasteiger partial charge in [0.25, 0.3) is 0 Å². The summed E-state index contributed by atoms with van der Waals surface area (Å²) in [6.07, 6.45) is 54.5. The standard InChI is InChI=1S/C55H97NO8/c1-3-5-7-9-11-12-13-14-15-16-17-18-19-20-21-22-23-24-25-26-27-28-29-30-31-32-33-34-35-36-37-38-39-41-43-45-51(59)56-48(49(58)44-42-40-10-8-6-4-2)47-63-55-54(62)53(61)52(60)50(46-57)64-55/h5,7,11-12,14-15,17-18,20-21,42,44,48-50,52-55,57-58,60-62H,3-4,6,8-10,13,16,19,22-41,43,45-47H2,1-2H3,(H,56,59)/b7-5-,12-11-,15-14-,18-17-,21-20-,44-42+. The number of aliphatic hydroxyl groups is 5. The van der Waals surface area contributed by atoms with Gasteiger partial charge in [0, 0.05) is 6.42 Å². The number of carbonyl (C=O) groups is 1. The number of allylic oxidation sites excluding steroid dienone is 11. The average molecular weight is 900 g/mol. The van der Waals surface area contributed by atoms with E-state index >= 15 is 0 Å². The number of hydrogen-bond donors (Lipinski definition) is 6. The first-order valence-electron chi connectivity index (χ1n) is 26.2. The number of nitrogens with one attached hydrogen (secondary N) is 1. The molecule has 64 heavy (non-hydrogen) atoms. The first kappa shape index (κ1) is 59.6. The molecule has 1 amide bonds. The Bertz CT molecular complexity index is 1230. The van der Waals surface area contributed by atoms with E-state index in [1.165, 1.54) is 109 Å². The minimum Gasteiger partial charge on any atom is -0.394 e. The van der Waals surface area contributed by atoms with E-state index in [0.29, 0.717) is 6.42 Å². The normalized spacial score (nSPS) is 20.6. The topological polar surface area (TPSA) is 149 Å². The second-order valence-corrected chi connectivity index (χ2v) is 17.9. The highest BCUT2D eigenvalue weighted by Gasteiger charge is 2.44. The quantitative estimate of drug-likeness (QED) is 0.0262. The van der Waals surface area contributed by atoms with Gasteiger partial charge in [-0.05, 0) is 64.2 Å². The molecule has 0 radical (unpaired) electrons. The highest BCUT2D eigenvalue weighted by Crippen LogP contribution is 2.23. The van der Waals surface area contributed by atoms with Gasteiger partial charge in [0.1, 0.15) is 24.4 Å². The van der Waals surface area contributed by atoms with Crippen LogP contribution in [0.1, 0.15) is 213 Å². The van der Waals surface area contributed by atoms with Crippen LogP contribution < -0.4 is 5.32 Å². The molecule has 0 aliphatic carbocycles. The van der Waals surface area contributed by atoms with Crippen LogP contribution in [-0.2, 0) is 14.3 Å². The molecule has 1 saturated heterocycles. The molecule has 0 saturated carbocycles. The maximum atomic E-state index is 12.9. The number of ether oxygens (including phenoxy) is 2. The van der Waals surface area contributed by atoms with Crippen LogP contribution in [0.5, 0.6) is 0 Å². The number of amides is 1. The van der Waals surface area contributed by atoms with Crippen molar-refractivity contribution in [3.63, 3.8) is 0 Å². The first-order valence-corrected chi connectivity index (χ1v) is 26.2. The van der Waals surface area contributed by atoms with Crippen molar-refractivity contribution in [2.24, 2.45) is 0 Å². The summed E-state index contributed by atoms with van der Waals surface area (Å²) in [7, 11) is 0. The molecule has 1 heterocycles. The first-order chi connectivity index (χ1) is 31.3. The number of unbranched alkanes of at least 4 members (excludes halogenated alkanes) is 23. The summed E-state index contributed by atoms with van der Waals surface area (Å²) < 4.78 is 11.1. The predicted molar refractivity (Wildman–Crippen MR) is 267 cm³/mol. The monoisotopic (exact) mass is 900 g/mol. The Kier molecular flexibility index (Phi) is 41.4. The molecule has 370 valence electrons. The van der Waals surface area contributed by atoms with Gasteiger partial charge in [0.05, 0.1) is 25.4 Å². The number of carbonyl (C=O) groups excluding carboxylic acids is 1. The summed E-state index contributed by atoms with van der Waals surface area (Å²) in [4.78, 5) is 12.9. The fourth-order valence-electron chi connectivity index (χ4n) is 7.89. The maximum Gasteiger partial charge on any atom is 0.220 e. The van der Waals surface area contributed by atoms with E-state index < -0.39 is 49.5 Å². The molecular weight excluding hydrogens is 803 g/mol. The van der Waals surface area contributed by atoms with Gasteiger partial charge in [-0.3, -0.25) is 4.79 Å². The summed E-state index contributed by atoms with van der Waals surface area (Å²) in [5.41, 5.74) is 0. The van der Waals surface area contributed by atoms with Gasteiger partial charge in [-0.15, -0.1) is 0 Å². The van der Waals surface area contributed by atoms with Crippen molar-refractivity contribution >= 4 is 5.91 Å². The van der Waals surface area contributed by atoms with Gasteiger partial charge >= 0.3 is 0 Å². The summed E-state index contributed by atoms with van der Waals surface area (Å²) in [5.74, 6) is -0.183. The molecule has 1 aliphatic heterocycles. The minimum absolute atomic E-state index is 0.183. The maximum absolute atomic E-state index is 12.9. The molecule has 6 N–H and O–H groups in total. The molecule has 0 aromatic carbocycles. The molecule has 1 fully saturated rings. The number of aliphatic hydroxyl groups excluding tert-OH is 5. The van der Waals surface area contributed by atoms with Crippen molar-refractivity contribution in [3.05, 3.63) is 72.9 Å². The second kappa shape index (κ2) is 44.5. The zero-order valence-corrected chi connectivity index (χ0v) is 40.8. The molecule has 0 aromatic heterocycles. The van der Waals surface area contributed by atoms with Gasteiger partial charge in [0.2, 0.25) is 5.91 Å². The molecule has 0 bridgehead atoms. The summed E-state index contributed by atoms with van der Waals surface area (Å²) >= 11 is 0. The lowest BCUT2D eigenvalue weighted by Crippen LogP contribution is -2.60. The number of hydrogen-bond acceptors (Lipinski definition) is 8. The molecule has 1 rings (SSSR count). The van der Waals surface area contributed by atoms with Crippen molar-refractivity contribution in [1.29, 1.82) is 0 Å². The zero-order chi connectivity index (χ0) is 46.6. The molecule has 0 spiro atoms. The van der Waals surface area contributed by atoms with E-state index in [2.05, 4.69) is 79.9 Å². The Morgan fingerprint density at radius 3 is 1.44 bits per heavy atom. The lowest BCUT2D eigenvalue weighted by molar-refractivity contribution is -0.302. The highest BCUT2D eigenvalue weighted by molar-refractivity contribution is 5.76. The van der Waals surface area contributed by atoms with E-state index in [1.54, 1.807) is 6.08 Å². The third kappa shape index (κ3) is 34.0. The summed E-state index contributed by atoms with van der Waals surface area (Å²) in [5, 5.41) is 53.9. The van der Waals surface area contributed by atoms with E-state index in [-0.39, 0.29) is 12.5 Å². The third-order valence-electron chi connectivity index (χ3n) is 12.0. The highest BCUT2D eigenvalue weighted by atomic mass is 16.7. The molecule has 1 aliphatic rings. The molecular formula is C55H97NO8. The lowest BCUT2D eigenvalue weighted by Gasteiger charge is -2.40. The molecule has 7 atom stereocenters. The smallest absolute Gasteiger partial charge is 0.220 e. The molecule has 0 aromatic rings.